The lowest BCUT2D eigenvalue weighted by Gasteiger charge is -1.98. The maximum atomic E-state index is 10.8. The molecule has 0 saturated heterocycles. The smallest absolute Gasteiger partial charge is 0.232 e. The van der Waals surface area contributed by atoms with E-state index >= 15 is 0 Å². The standard InChI is InChI=1S/C8H6O2/c1-2-6-4-3-5-7(9)8(6)10/h2-5H,1H2. The van der Waals surface area contributed by atoms with Crippen LogP contribution in [0, 0.1) is 0 Å². The molecule has 0 heterocycles. The fourth-order valence-corrected chi connectivity index (χ4v) is 0.694. The highest BCUT2D eigenvalue weighted by Crippen LogP contribution is 2.04. The fraction of sp³-hybridized carbons (Fsp3) is 0. The maximum Gasteiger partial charge on any atom is 0.232 e. The number of carbonyl (C=O) groups is 2. The molecule has 1 aliphatic carbocycles. The van der Waals surface area contributed by atoms with Gasteiger partial charge in [-0.3, -0.25) is 9.59 Å². The molecule has 0 spiro atoms. The first kappa shape index (κ1) is 6.68. The summed E-state index contributed by atoms with van der Waals surface area (Å²) in [6.45, 7) is 3.39. The van der Waals surface area contributed by atoms with Crippen molar-refractivity contribution in [3.8, 4) is 0 Å². The first-order valence-electron chi connectivity index (χ1n) is 2.85. The van der Waals surface area contributed by atoms with Crippen LogP contribution in [-0.2, 0) is 9.59 Å². The minimum absolute atomic E-state index is 0.368. The van der Waals surface area contributed by atoms with Gasteiger partial charge in [0.25, 0.3) is 0 Å². The lowest BCUT2D eigenvalue weighted by molar-refractivity contribution is -0.131. The topological polar surface area (TPSA) is 34.1 Å². The van der Waals surface area contributed by atoms with Crippen molar-refractivity contribution < 1.29 is 9.59 Å². The Balaban J connectivity index is 3.03. The van der Waals surface area contributed by atoms with Crippen molar-refractivity contribution in [2.75, 3.05) is 0 Å². The van der Waals surface area contributed by atoms with E-state index in [2.05, 4.69) is 6.58 Å². The van der Waals surface area contributed by atoms with E-state index in [9.17, 15) is 9.59 Å². The number of hydrogen-bond acceptors (Lipinski definition) is 2. The third-order valence-electron chi connectivity index (χ3n) is 1.23. The van der Waals surface area contributed by atoms with Crippen molar-refractivity contribution in [1.82, 2.24) is 0 Å². The molecule has 0 saturated carbocycles. The van der Waals surface area contributed by atoms with Gasteiger partial charge in [-0.1, -0.05) is 24.8 Å². The molecule has 0 radical (unpaired) electrons. The quantitative estimate of drug-likeness (QED) is 0.392. The maximum absolute atomic E-state index is 10.8. The molecule has 0 N–H and O–H groups in total. The number of ketones is 2. The van der Waals surface area contributed by atoms with E-state index in [1.54, 1.807) is 12.2 Å². The number of carbonyl (C=O) groups excluding carboxylic acids is 2. The average Bonchev–Trinajstić information content (AvgIpc) is 1.95. The normalized spacial score (nSPS) is 17.0. The van der Waals surface area contributed by atoms with Crippen molar-refractivity contribution in [2.45, 2.75) is 0 Å². The van der Waals surface area contributed by atoms with Crippen LogP contribution in [0.15, 0.2) is 36.5 Å². The SMILES string of the molecule is C=CC1=CC=CC(=O)C1=O. The van der Waals surface area contributed by atoms with Gasteiger partial charge in [0, 0.05) is 5.57 Å². The van der Waals surface area contributed by atoms with Crippen molar-refractivity contribution >= 4 is 11.6 Å². The molecular formula is C8H6O2. The molecule has 1 aliphatic rings. The highest BCUT2D eigenvalue weighted by molar-refractivity contribution is 6.48. The Morgan fingerprint density at radius 3 is 2.60 bits per heavy atom. The second-order valence-corrected chi connectivity index (χ2v) is 1.88. The second kappa shape index (κ2) is 2.43. The van der Waals surface area contributed by atoms with Gasteiger partial charge < -0.3 is 0 Å². The number of hydrogen-bond donors (Lipinski definition) is 0. The van der Waals surface area contributed by atoms with Gasteiger partial charge in [0.05, 0.1) is 0 Å². The zero-order chi connectivity index (χ0) is 7.56. The van der Waals surface area contributed by atoms with Crippen molar-refractivity contribution in [3.05, 3.63) is 36.5 Å². The van der Waals surface area contributed by atoms with Gasteiger partial charge in [0.1, 0.15) is 0 Å². The molecule has 0 unspecified atom stereocenters. The predicted molar refractivity (Wildman–Crippen MR) is 37.4 cm³/mol. The van der Waals surface area contributed by atoms with Gasteiger partial charge in [-0.2, -0.15) is 0 Å². The summed E-state index contributed by atoms with van der Waals surface area (Å²) in [6.07, 6.45) is 5.73. The first-order valence-corrected chi connectivity index (χ1v) is 2.85. The zero-order valence-corrected chi connectivity index (χ0v) is 5.33. The van der Waals surface area contributed by atoms with Gasteiger partial charge in [-0.25, -0.2) is 0 Å². The highest BCUT2D eigenvalue weighted by Gasteiger charge is 2.15. The summed E-state index contributed by atoms with van der Waals surface area (Å²) in [4.78, 5) is 21.5. The van der Waals surface area contributed by atoms with Gasteiger partial charge >= 0.3 is 0 Å². The molecule has 0 atom stereocenters. The second-order valence-electron chi connectivity index (χ2n) is 1.88. The van der Waals surface area contributed by atoms with Crippen LogP contribution >= 0.6 is 0 Å². The molecule has 0 aromatic rings. The molecule has 50 valence electrons. The van der Waals surface area contributed by atoms with E-state index in [0.29, 0.717) is 5.57 Å². The molecule has 2 nitrogen and oxygen atoms in total. The number of Topliss-reactive ketones (excluding diaryl/α,β-unsaturated/α-hetero) is 1. The van der Waals surface area contributed by atoms with Crippen LogP contribution in [0.1, 0.15) is 0 Å². The molecule has 10 heavy (non-hydrogen) atoms. The van der Waals surface area contributed by atoms with E-state index in [-0.39, 0.29) is 0 Å². The summed E-state index contributed by atoms with van der Waals surface area (Å²) >= 11 is 0. The van der Waals surface area contributed by atoms with E-state index in [0.717, 1.165) is 0 Å². The van der Waals surface area contributed by atoms with Crippen molar-refractivity contribution in [2.24, 2.45) is 0 Å². The Hall–Kier alpha value is -1.44. The summed E-state index contributed by atoms with van der Waals surface area (Å²) in [6, 6.07) is 0. The van der Waals surface area contributed by atoms with Crippen LogP contribution in [0.25, 0.3) is 0 Å². The molecule has 1 rings (SSSR count). The fourth-order valence-electron chi connectivity index (χ4n) is 0.694. The molecule has 0 aromatic carbocycles. The summed E-state index contributed by atoms with van der Waals surface area (Å²) in [5, 5.41) is 0. The van der Waals surface area contributed by atoms with Crippen LogP contribution in [0.3, 0.4) is 0 Å². The van der Waals surface area contributed by atoms with Crippen LogP contribution in [0.2, 0.25) is 0 Å². The van der Waals surface area contributed by atoms with E-state index < -0.39 is 11.6 Å². The highest BCUT2D eigenvalue weighted by atomic mass is 16.2. The lowest BCUT2D eigenvalue weighted by Crippen LogP contribution is -2.14. The van der Waals surface area contributed by atoms with Crippen molar-refractivity contribution in [1.29, 1.82) is 0 Å². The Kier molecular flexibility index (Phi) is 1.63. The Labute approximate surface area is 58.5 Å². The molecule has 0 amide bonds. The van der Waals surface area contributed by atoms with E-state index in [4.69, 9.17) is 0 Å². The summed E-state index contributed by atoms with van der Waals surface area (Å²) in [5.74, 6) is -0.949. The summed E-state index contributed by atoms with van der Waals surface area (Å²) < 4.78 is 0. The monoisotopic (exact) mass is 134 g/mol. The third kappa shape index (κ3) is 0.957. The van der Waals surface area contributed by atoms with E-state index in [1.807, 2.05) is 0 Å². The minimum atomic E-state index is -0.475. The Morgan fingerprint density at radius 1 is 1.40 bits per heavy atom. The van der Waals surface area contributed by atoms with Crippen LogP contribution in [0.4, 0.5) is 0 Å². The molecule has 0 aliphatic heterocycles. The zero-order valence-electron chi connectivity index (χ0n) is 5.33. The third-order valence-corrected chi connectivity index (χ3v) is 1.23. The van der Waals surface area contributed by atoms with Crippen LogP contribution in [-0.4, -0.2) is 11.6 Å². The van der Waals surface area contributed by atoms with Gasteiger partial charge in [0.2, 0.25) is 11.6 Å². The lowest BCUT2D eigenvalue weighted by atomic mass is 10.0. The molecule has 0 bridgehead atoms. The molecule has 0 aromatic heterocycles. The molecule has 2 heteroatoms. The summed E-state index contributed by atoms with van der Waals surface area (Å²) in [5.41, 5.74) is 0.368. The number of rotatable bonds is 1. The Morgan fingerprint density at radius 2 is 2.10 bits per heavy atom. The molecular weight excluding hydrogens is 128 g/mol. The average molecular weight is 134 g/mol. The van der Waals surface area contributed by atoms with Crippen LogP contribution < -0.4 is 0 Å². The van der Waals surface area contributed by atoms with Crippen LogP contribution in [0.5, 0.6) is 0 Å². The summed E-state index contributed by atoms with van der Waals surface area (Å²) in [7, 11) is 0. The number of allylic oxidation sites excluding steroid dienone is 5. The van der Waals surface area contributed by atoms with Gasteiger partial charge in [0.15, 0.2) is 0 Å². The first-order chi connectivity index (χ1) is 4.75. The van der Waals surface area contributed by atoms with Gasteiger partial charge in [-0.15, -0.1) is 0 Å². The Bertz CT molecular complexity index is 256. The largest absolute Gasteiger partial charge is 0.286 e. The minimum Gasteiger partial charge on any atom is -0.286 e. The molecule has 0 fully saturated rings. The predicted octanol–water partition coefficient (Wildman–Crippen LogP) is 0.807. The van der Waals surface area contributed by atoms with E-state index in [1.165, 1.54) is 12.2 Å². The van der Waals surface area contributed by atoms with Gasteiger partial charge in [-0.05, 0) is 6.08 Å². The van der Waals surface area contributed by atoms with Crippen molar-refractivity contribution in [3.63, 3.8) is 0 Å².